The number of rotatable bonds is 2. The summed E-state index contributed by atoms with van der Waals surface area (Å²) in [6, 6.07) is 3.41. The van der Waals surface area contributed by atoms with Gasteiger partial charge in [-0.05, 0) is 30.4 Å². The molecule has 24 heavy (non-hydrogen) atoms. The Morgan fingerprint density at radius 3 is 2.79 bits per heavy atom. The Hall–Kier alpha value is -2.51. The molecule has 0 aromatic heterocycles. The Kier molecular flexibility index (Phi) is 3.13. The second-order valence-electron chi connectivity index (χ2n) is 6.59. The summed E-state index contributed by atoms with van der Waals surface area (Å²) >= 11 is 0. The van der Waals surface area contributed by atoms with Crippen LogP contribution in [0, 0.1) is 17.6 Å². The number of nitrogens with one attached hydrogen (secondary N) is 2. The van der Waals surface area contributed by atoms with E-state index in [4.69, 9.17) is 0 Å². The SMILES string of the molecule is O=C1NC(=O)[C@]2(CCN(C(=O)[C@H]3C[C@H]3c3cccc(F)c3F)C2)N1. The van der Waals surface area contributed by atoms with E-state index in [1.807, 2.05) is 0 Å². The predicted molar refractivity (Wildman–Crippen MR) is 77.8 cm³/mol. The highest BCUT2D eigenvalue weighted by Gasteiger charge is 2.54. The van der Waals surface area contributed by atoms with Crippen molar-refractivity contribution in [2.45, 2.75) is 24.3 Å². The zero-order valence-electron chi connectivity index (χ0n) is 12.6. The quantitative estimate of drug-likeness (QED) is 0.788. The molecule has 2 aliphatic heterocycles. The number of hydrogen-bond donors (Lipinski definition) is 2. The van der Waals surface area contributed by atoms with Crippen molar-refractivity contribution < 1.29 is 23.2 Å². The number of hydrogen-bond acceptors (Lipinski definition) is 3. The molecule has 3 fully saturated rings. The van der Waals surface area contributed by atoms with Crippen LogP contribution in [0.5, 0.6) is 0 Å². The lowest BCUT2D eigenvalue weighted by atomic mass is 9.99. The van der Waals surface area contributed by atoms with Crippen LogP contribution in [0.15, 0.2) is 18.2 Å². The summed E-state index contributed by atoms with van der Waals surface area (Å²) < 4.78 is 27.2. The smallest absolute Gasteiger partial charge is 0.322 e. The van der Waals surface area contributed by atoms with Crippen LogP contribution in [0.2, 0.25) is 0 Å². The third kappa shape index (κ3) is 2.16. The van der Waals surface area contributed by atoms with Gasteiger partial charge in [-0.15, -0.1) is 0 Å². The molecular formula is C16H15F2N3O3. The Balaban J connectivity index is 1.46. The van der Waals surface area contributed by atoms with Crippen LogP contribution in [-0.2, 0) is 9.59 Å². The summed E-state index contributed by atoms with van der Waals surface area (Å²) in [5, 5.41) is 4.76. The molecule has 1 aromatic rings. The molecule has 3 atom stereocenters. The number of benzene rings is 1. The molecule has 1 aliphatic carbocycles. The summed E-state index contributed by atoms with van der Waals surface area (Å²) in [6.07, 6.45) is 0.809. The van der Waals surface area contributed by atoms with Gasteiger partial charge in [0, 0.05) is 12.5 Å². The molecular weight excluding hydrogens is 320 g/mol. The minimum atomic E-state index is -1.05. The third-order valence-corrected chi connectivity index (χ3v) is 5.08. The maximum Gasteiger partial charge on any atom is 0.322 e. The zero-order chi connectivity index (χ0) is 17.1. The summed E-state index contributed by atoms with van der Waals surface area (Å²) in [7, 11) is 0. The zero-order valence-corrected chi connectivity index (χ0v) is 12.6. The maximum absolute atomic E-state index is 13.8. The van der Waals surface area contributed by atoms with Crippen molar-refractivity contribution in [3.63, 3.8) is 0 Å². The number of urea groups is 1. The fraction of sp³-hybridized carbons (Fsp3) is 0.438. The van der Waals surface area contributed by atoms with Gasteiger partial charge >= 0.3 is 6.03 Å². The van der Waals surface area contributed by atoms with E-state index in [0.29, 0.717) is 19.4 Å². The topological polar surface area (TPSA) is 78.5 Å². The molecule has 1 saturated carbocycles. The highest BCUT2D eigenvalue weighted by molar-refractivity contribution is 6.07. The number of imide groups is 1. The lowest BCUT2D eigenvalue weighted by Gasteiger charge is -2.21. The van der Waals surface area contributed by atoms with Gasteiger partial charge in [0.2, 0.25) is 5.91 Å². The van der Waals surface area contributed by atoms with Crippen molar-refractivity contribution in [1.29, 1.82) is 0 Å². The van der Waals surface area contributed by atoms with Gasteiger partial charge in [-0.1, -0.05) is 12.1 Å². The number of halogens is 2. The van der Waals surface area contributed by atoms with Crippen molar-refractivity contribution in [3.05, 3.63) is 35.4 Å². The number of nitrogens with zero attached hydrogens (tertiary/aromatic N) is 1. The molecule has 2 saturated heterocycles. The summed E-state index contributed by atoms with van der Waals surface area (Å²) in [5.74, 6) is -3.18. The average Bonchev–Trinajstić information content (AvgIpc) is 3.13. The predicted octanol–water partition coefficient (Wildman–Crippen LogP) is 0.879. The second-order valence-corrected chi connectivity index (χ2v) is 6.59. The van der Waals surface area contributed by atoms with Crippen LogP contribution in [0.1, 0.15) is 24.3 Å². The van der Waals surface area contributed by atoms with Gasteiger partial charge in [-0.2, -0.15) is 0 Å². The van der Waals surface area contributed by atoms with Gasteiger partial charge in [-0.25, -0.2) is 13.6 Å². The third-order valence-electron chi connectivity index (χ3n) is 5.08. The Bertz CT molecular complexity index is 769. The molecule has 6 nitrogen and oxygen atoms in total. The van der Waals surface area contributed by atoms with Crippen LogP contribution in [0.3, 0.4) is 0 Å². The molecule has 0 radical (unpaired) electrons. The summed E-state index contributed by atoms with van der Waals surface area (Å²) in [5.41, 5.74) is -0.838. The highest BCUT2D eigenvalue weighted by Crippen LogP contribution is 2.50. The molecule has 0 unspecified atom stereocenters. The first-order valence-corrected chi connectivity index (χ1v) is 7.77. The number of amides is 4. The first kappa shape index (κ1) is 15.0. The van der Waals surface area contributed by atoms with Crippen LogP contribution >= 0.6 is 0 Å². The van der Waals surface area contributed by atoms with Crippen molar-refractivity contribution in [2.24, 2.45) is 5.92 Å². The van der Waals surface area contributed by atoms with Crippen molar-refractivity contribution in [1.82, 2.24) is 15.5 Å². The molecule has 8 heteroatoms. The van der Waals surface area contributed by atoms with E-state index in [0.717, 1.165) is 6.07 Å². The minimum absolute atomic E-state index is 0.109. The molecule has 4 amide bonds. The Labute approximate surface area is 136 Å². The summed E-state index contributed by atoms with van der Waals surface area (Å²) in [6.45, 7) is 0.458. The van der Waals surface area contributed by atoms with E-state index in [1.54, 1.807) is 0 Å². The fourth-order valence-electron chi connectivity index (χ4n) is 3.67. The van der Waals surface area contributed by atoms with Crippen molar-refractivity contribution in [3.8, 4) is 0 Å². The van der Waals surface area contributed by atoms with Gasteiger partial charge in [0.05, 0.1) is 6.54 Å². The van der Waals surface area contributed by atoms with Gasteiger partial charge in [0.1, 0.15) is 5.54 Å². The van der Waals surface area contributed by atoms with Crippen LogP contribution in [0.25, 0.3) is 0 Å². The monoisotopic (exact) mass is 335 g/mol. The molecule has 126 valence electrons. The molecule has 0 bridgehead atoms. The number of carbonyl (C=O) groups is 3. The molecule has 3 aliphatic rings. The molecule has 4 rings (SSSR count). The van der Waals surface area contributed by atoms with E-state index in [-0.39, 0.29) is 23.9 Å². The molecule has 1 spiro atoms. The van der Waals surface area contributed by atoms with Crippen molar-refractivity contribution >= 4 is 17.8 Å². The highest BCUT2D eigenvalue weighted by atomic mass is 19.2. The molecule has 1 aromatic carbocycles. The Morgan fingerprint density at radius 2 is 2.08 bits per heavy atom. The van der Waals surface area contributed by atoms with Crippen molar-refractivity contribution in [2.75, 3.05) is 13.1 Å². The van der Waals surface area contributed by atoms with E-state index in [2.05, 4.69) is 10.6 Å². The number of likely N-dealkylation sites (tertiary alicyclic amines) is 1. The van der Waals surface area contributed by atoms with Gasteiger partial charge in [0.25, 0.3) is 5.91 Å². The average molecular weight is 335 g/mol. The first-order valence-electron chi connectivity index (χ1n) is 7.77. The summed E-state index contributed by atoms with van der Waals surface area (Å²) in [4.78, 5) is 37.3. The van der Waals surface area contributed by atoms with Gasteiger partial charge in [0.15, 0.2) is 11.6 Å². The minimum Gasteiger partial charge on any atom is -0.339 e. The van der Waals surface area contributed by atoms with E-state index < -0.39 is 35.0 Å². The van der Waals surface area contributed by atoms with Gasteiger partial charge in [-0.3, -0.25) is 14.9 Å². The van der Waals surface area contributed by atoms with Crippen LogP contribution < -0.4 is 10.6 Å². The first-order chi connectivity index (χ1) is 11.4. The lowest BCUT2D eigenvalue weighted by Crippen LogP contribution is -2.49. The molecule has 2 heterocycles. The largest absolute Gasteiger partial charge is 0.339 e. The van der Waals surface area contributed by atoms with Crippen LogP contribution in [0.4, 0.5) is 13.6 Å². The Morgan fingerprint density at radius 1 is 1.29 bits per heavy atom. The number of carbonyl (C=O) groups excluding carboxylic acids is 3. The lowest BCUT2D eigenvalue weighted by molar-refractivity contribution is -0.132. The van der Waals surface area contributed by atoms with E-state index >= 15 is 0 Å². The molecule has 2 N–H and O–H groups in total. The van der Waals surface area contributed by atoms with Crippen LogP contribution in [-0.4, -0.2) is 41.4 Å². The van der Waals surface area contributed by atoms with E-state index in [1.165, 1.54) is 17.0 Å². The second kappa shape index (κ2) is 4.99. The van der Waals surface area contributed by atoms with E-state index in [9.17, 15) is 23.2 Å². The standard InChI is InChI=1S/C16H15F2N3O3/c17-11-3-1-2-8(12(11)18)9-6-10(9)13(22)21-5-4-16(7-21)14(23)19-15(24)20-16/h1-3,9-10H,4-7H2,(H2,19,20,23,24)/t9-,10-,16+/m0/s1. The van der Waals surface area contributed by atoms with Gasteiger partial charge < -0.3 is 10.2 Å². The fourth-order valence-corrected chi connectivity index (χ4v) is 3.67. The maximum atomic E-state index is 13.8. The normalized spacial score (nSPS) is 31.3.